The Morgan fingerprint density at radius 2 is 1.82 bits per heavy atom. The zero-order valence-electron chi connectivity index (χ0n) is 12.0. The van der Waals surface area contributed by atoms with Crippen molar-refractivity contribution in [2.24, 2.45) is 5.73 Å². The molecule has 1 amide bonds. The van der Waals surface area contributed by atoms with Gasteiger partial charge in [0.2, 0.25) is 0 Å². The van der Waals surface area contributed by atoms with E-state index in [0.717, 1.165) is 4.47 Å². The number of carboxylic acids is 1. The summed E-state index contributed by atoms with van der Waals surface area (Å²) in [5.74, 6) is -1.98. The van der Waals surface area contributed by atoms with E-state index < -0.39 is 11.9 Å². The monoisotopic (exact) mass is 371 g/mol. The number of hydrogen-bond donors (Lipinski definition) is 2. The van der Waals surface area contributed by atoms with Crippen LogP contribution >= 0.6 is 15.9 Å². The summed E-state index contributed by atoms with van der Waals surface area (Å²) in [6, 6.07) is 8.35. The quantitative estimate of drug-likeness (QED) is 0.627. The molecule has 108 valence electrons. The molecule has 0 aliphatic heterocycles. The van der Waals surface area contributed by atoms with Crippen molar-refractivity contribution in [3.05, 3.63) is 51.6 Å². The van der Waals surface area contributed by atoms with Gasteiger partial charge in [0.1, 0.15) is 5.82 Å². The first-order valence-electron chi connectivity index (χ1n) is 5.94. The van der Waals surface area contributed by atoms with Crippen molar-refractivity contribution < 1.29 is 44.3 Å². The second-order valence-electron chi connectivity index (χ2n) is 4.30. The largest absolute Gasteiger partial charge is 1.00 e. The number of hydrogen-bond acceptors (Lipinski definition) is 5. The molecule has 0 fully saturated rings. The molecule has 8 heteroatoms. The van der Waals surface area contributed by atoms with E-state index in [0.29, 0.717) is 5.69 Å². The Balaban J connectivity index is 0.00000242. The van der Waals surface area contributed by atoms with Gasteiger partial charge >= 0.3 is 29.6 Å². The zero-order valence-corrected chi connectivity index (χ0v) is 15.6. The molecule has 0 saturated carbocycles. The second-order valence-corrected chi connectivity index (χ2v) is 5.22. The summed E-state index contributed by atoms with van der Waals surface area (Å²) in [6.07, 6.45) is 0. The van der Waals surface area contributed by atoms with Gasteiger partial charge in [0, 0.05) is 21.4 Å². The van der Waals surface area contributed by atoms with Crippen LogP contribution in [0.15, 0.2) is 34.8 Å². The third-order valence-electron chi connectivity index (χ3n) is 2.81. The van der Waals surface area contributed by atoms with E-state index in [4.69, 9.17) is 5.73 Å². The van der Waals surface area contributed by atoms with E-state index >= 15 is 0 Å². The number of aromatic nitrogens is 1. The number of carbonyl (C=O) groups excluding carboxylic acids is 2. The minimum Gasteiger partial charge on any atom is -0.545 e. The number of anilines is 2. The number of carbonyl (C=O) groups is 2. The summed E-state index contributed by atoms with van der Waals surface area (Å²) in [6.45, 7) is 1.52. The average molecular weight is 372 g/mol. The molecule has 22 heavy (non-hydrogen) atoms. The molecule has 3 N–H and O–H groups in total. The van der Waals surface area contributed by atoms with E-state index in [1.165, 1.54) is 13.0 Å². The van der Waals surface area contributed by atoms with Crippen LogP contribution in [-0.2, 0) is 0 Å². The number of aryl methyl sites for hydroxylation is 1. The average Bonchev–Trinajstić information content (AvgIpc) is 2.40. The van der Waals surface area contributed by atoms with Gasteiger partial charge in [-0.15, -0.1) is 0 Å². The standard InChI is InChI=1S/C14H12BrN3O3.Na/c1-7-10(14(20)21)6-11(12(16)19)13(17-7)18-9-4-2-8(15)3-5-9;/h2-6H,1H3,(H2,16,19)(H,17,18)(H,20,21);/q;+1/p-1. The Bertz CT molecular complexity index is 720. The van der Waals surface area contributed by atoms with E-state index in [1.807, 2.05) is 12.1 Å². The van der Waals surface area contributed by atoms with Crippen LogP contribution in [0.1, 0.15) is 26.4 Å². The van der Waals surface area contributed by atoms with Crippen molar-refractivity contribution in [1.29, 1.82) is 0 Å². The molecule has 0 bridgehead atoms. The van der Waals surface area contributed by atoms with Crippen molar-refractivity contribution in [3.8, 4) is 0 Å². The predicted molar refractivity (Wildman–Crippen MR) is 79.2 cm³/mol. The SMILES string of the molecule is Cc1nc(Nc2ccc(Br)cc2)c(C(N)=O)cc1C(=O)[O-].[Na+]. The summed E-state index contributed by atoms with van der Waals surface area (Å²) in [4.78, 5) is 26.5. The molecule has 0 aliphatic rings. The van der Waals surface area contributed by atoms with Crippen LogP contribution in [0, 0.1) is 6.92 Å². The molecule has 6 nitrogen and oxygen atoms in total. The summed E-state index contributed by atoms with van der Waals surface area (Å²) < 4.78 is 0.902. The number of halogens is 1. The van der Waals surface area contributed by atoms with Gasteiger partial charge in [-0.3, -0.25) is 4.79 Å². The first-order valence-corrected chi connectivity index (χ1v) is 6.73. The van der Waals surface area contributed by atoms with Crippen molar-refractivity contribution in [3.63, 3.8) is 0 Å². The number of nitrogens with one attached hydrogen (secondary N) is 1. The van der Waals surface area contributed by atoms with Crippen LogP contribution in [0.4, 0.5) is 11.5 Å². The second kappa shape index (κ2) is 7.73. The minimum atomic E-state index is -1.40. The molecule has 2 rings (SSSR count). The number of benzene rings is 1. The number of amides is 1. The van der Waals surface area contributed by atoms with Crippen LogP contribution < -0.4 is 45.7 Å². The molecule has 1 aromatic heterocycles. The molecule has 0 saturated heterocycles. The predicted octanol–water partition coefficient (Wildman–Crippen LogP) is -1.64. The summed E-state index contributed by atoms with van der Waals surface area (Å²) in [5, 5.41) is 13.9. The molecule has 1 aromatic carbocycles. The van der Waals surface area contributed by atoms with E-state index in [-0.39, 0.29) is 52.2 Å². The first kappa shape index (κ1) is 18.6. The fourth-order valence-corrected chi connectivity index (χ4v) is 2.03. The summed E-state index contributed by atoms with van der Waals surface area (Å²) >= 11 is 3.32. The minimum absolute atomic E-state index is 0. The van der Waals surface area contributed by atoms with Crippen LogP contribution in [0.2, 0.25) is 0 Å². The molecule has 1 heterocycles. The van der Waals surface area contributed by atoms with Gasteiger partial charge in [-0.05, 0) is 37.3 Å². The summed E-state index contributed by atoms with van der Waals surface area (Å²) in [7, 11) is 0. The third-order valence-corrected chi connectivity index (χ3v) is 3.33. The van der Waals surface area contributed by atoms with Crippen LogP contribution in [0.3, 0.4) is 0 Å². The summed E-state index contributed by atoms with van der Waals surface area (Å²) in [5.41, 5.74) is 6.02. The molecule has 0 radical (unpaired) electrons. The Morgan fingerprint density at radius 3 is 2.32 bits per heavy atom. The number of nitrogens with two attached hydrogens (primary N) is 1. The van der Waals surface area contributed by atoms with Gasteiger partial charge in [0.05, 0.1) is 11.5 Å². The maximum absolute atomic E-state index is 11.5. The maximum Gasteiger partial charge on any atom is 1.00 e. The number of primary amides is 1. The molecule has 0 unspecified atom stereocenters. The van der Waals surface area contributed by atoms with Crippen LogP contribution in [0.5, 0.6) is 0 Å². The van der Waals surface area contributed by atoms with E-state index in [1.54, 1.807) is 12.1 Å². The molecular weight excluding hydrogens is 361 g/mol. The fraction of sp³-hybridized carbons (Fsp3) is 0.0714. The first-order chi connectivity index (χ1) is 9.88. The van der Waals surface area contributed by atoms with Crippen LogP contribution in [-0.4, -0.2) is 16.9 Å². The van der Waals surface area contributed by atoms with Crippen LogP contribution in [0.25, 0.3) is 0 Å². The van der Waals surface area contributed by atoms with Gasteiger partial charge in [-0.2, -0.15) is 0 Å². The van der Waals surface area contributed by atoms with Gasteiger partial charge in [0.15, 0.2) is 0 Å². The zero-order chi connectivity index (χ0) is 15.6. The van der Waals surface area contributed by atoms with Crippen molar-refractivity contribution in [1.82, 2.24) is 4.98 Å². The van der Waals surface area contributed by atoms with Crippen molar-refractivity contribution in [2.75, 3.05) is 5.32 Å². The molecule has 0 spiro atoms. The smallest absolute Gasteiger partial charge is 0.545 e. The van der Waals surface area contributed by atoms with E-state index in [2.05, 4.69) is 26.2 Å². The number of rotatable bonds is 4. The third kappa shape index (κ3) is 4.30. The number of carboxylic acid groups (broad SMARTS) is 1. The van der Waals surface area contributed by atoms with Crippen molar-refractivity contribution >= 4 is 39.3 Å². The normalized spacial score (nSPS) is 9.73. The van der Waals surface area contributed by atoms with Gasteiger partial charge in [-0.25, -0.2) is 4.98 Å². The Labute approximate surface area is 157 Å². The van der Waals surface area contributed by atoms with Gasteiger partial charge in [-0.1, -0.05) is 15.9 Å². The fourth-order valence-electron chi connectivity index (χ4n) is 1.76. The number of nitrogens with zero attached hydrogens (tertiary/aromatic N) is 1. The molecule has 2 aromatic rings. The Morgan fingerprint density at radius 1 is 1.23 bits per heavy atom. The van der Waals surface area contributed by atoms with Crippen molar-refractivity contribution in [2.45, 2.75) is 6.92 Å². The van der Waals surface area contributed by atoms with E-state index in [9.17, 15) is 14.7 Å². The molecular formula is C14H11BrN3NaO3. The number of aromatic carboxylic acids is 1. The van der Waals surface area contributed by atoms with Gasteiger partial charge < -0.3 is 21.0 Å². The Hall–Kier alpha value is -1.41. The van der Waals surface area contributed by atoms with Gasteiger partial charge in [0.25, 0.3) is 5.91 Å². The molecule has 0 atom stereocenters. The maximum atomic E-state index is 11.5. The Kier molecular flexibility index (Phi) is 6.55. The molecule has 0 aliphatic carbocycles. The number of pyridine rings is 1. The topological polar surface area (TPSA) is 108 Å².